The monoisotopic (exact) mass is 258 g/mol. The van der Waals surface area contributed by atoms with Crippen molar-refractivity contribution in [1.82, 2.24) is 14.5 Å². The lowest BCUT2D eigenvalue weighted by Crippen LogP contribution is -2.00. The first-order valence-corrected chi connectivity index (χ1v) is 6.51. The minimum Gasteiger partial charge on any atom is -0.373 e. The van der Waals surface area contributed by atoms with Crippen molar-refractivity contribution in [2.75, 3.05) is 12.4 Å². The molecule has 2 rings (SSSR count). The number of hydrogen-bond donors (Lipinski definition) is 1. The van der Waals surface area contributed by atoms with Gasteiger partial charge in [0.05, 0.1) is 0 Å². The minimum absolute atomic E-state index is 0.793. The van der Waals surface area contributed by atoms with Crippen LogP contribution in [0.25, 0.3) is 11.4 Å². The Morgan fingerprint density at radius 1 is 1.37 bits per heavy atom. The fourth-order valence-corrected chi connectivity index (χ4v) is 1.81. The summed E-state index contributed by atoms with van der Waals surface area (Å²) in [5.74, 6) is 1.81. The van der Waals surface area contributed by atoms with Crippen molar-refractivity contribution in [2.24, 2.45) is 7.05 Å². The molecule has 0 aliphatic rings. The highest BCUT2D eigenvalue weighted by Gasteiger charge is 2.07. The average Bonchev–Trinajstić information content (AvgIpc) is 2.87. The van der Waals surface area contributed by atoms with Crippen LogP contribution in [0.15, 0.2) is 37.3 Å². The molecular formula is C15H22N4. The van der Waals surface area contributed by atoms with Crippen LogP contribution in [-0.4, -0.2) is 21.6 Å². The van der Waals surface area contributed by atoms with Crippen molar-refractivity contribution in [3.8, 4) is 11.4 Å². The molecule has 4 nitrogen and oxygen atoms in total. The first-order valence-electron chi connectivity index (χ1n) is 6.51. The van der Waals surface area contributed by atoms with Crippen molar-refractivity contribution < 1.29 is 0 Å². The van der Waals surface area contributed by atoms with Crippen molar-refractivity contribution in [3.05, 3.63) is 42.9 Å². The maximum absolute atomic E-state index is 4.40. The van der Waals surface area contributed by atoms with E-state index in [9.17, 15) is 0 Å². The summed E-state index contributed by atoms with van der Waals surface area (Å²) in [6, 6.07) is 2.10. The van der Waals surface area contributed by atoms with Gasteiger partial charge < -0.3 is 9.88 Å². The molecule has 0 aromatic carbocycles. The fraction of sp³-hybridized carbons (Fsp3) is 0.333. The standard InChI is InChI=1S/C13H16N4.C2H6/c1-4-5-10-8-11(9-16-12(10)14-2)13-15-6-7-17(13)3;1-2/h4,6-9H,1,5H2,2-3H3,(H,14,16);1-2H3. The van der Waals surface area contributed by atoms with Gasteiger partial charge in [-0.25, -0.2) is 9.97 Å². The van der Waals surface area contributed by atoms with Crippen molar-refractivity contribution in [3.63, 3.8) is 0 Å². The fourth-order valence-electron chi connectivity index (χ4n) is 1.81. The third-order valence-electron chi connectivity index (χ3n) is 2.65. The highest BCUT2D eigenvalue weighted by atomic mass is 15.0. The van der Waals surface area contributed by atoms with Crippen LogP contribution in [0.1, 0.15) is 19.4 Å². The SMILES string of the molecule is C=CCc1cc(-c2nccn2C)cnc1NC.CC. The van der Waals surface area contributed by atoms with E-state index in [-0.39, 0.29) is 0 Å². The average molecular weight is 258 g/mol. The number of nitrogens with zero attached hydrogens (tertiary/aromatic N) is 3. The van der Waals surface area contributed by atoms with Crippen LogP contribution in [0, 0.1) is 0 Å². The van der Waals surface area contributed by atoms with Crippen LogP contribution in [0.3, 0.4) is 0 Å². The lowest BCUT2D eigenvalue weighted by atomic mass is 10.1. The first kappa shape index (κ1) is 15.0. The van der Waals surface area contributed by atoms with E-state index in [1.54, 1.807) is 6.20 Å². The Bertz CT molecular complexity index is 529. The summed E-state index contributed by atoms with van der Waals surface area (Å²) in [6.07, 6.45) is 8.21. The lowest BCUT2D eigenvalue weighted by molar-refractivity contribution is 0.922. The van der Waals surface area contributed by atoms with Crippen molar-refractivity contribution >= 4 is 5.82 Å². The van der Waals surface area contributed by atoms with Crippen LogP contribution in [0.2, 0.25) is 0 Å². The molecule has 2 heterocycles. The maximum atomic E-state index is 4.40. The molecule has 0 atom stereocenters. The van der Waals surface area contributed by atoms with Crippen molar-refractivity contribution in [2.45, 2.75) is 20.3 Å². The zero-order valence-corrected chi connectivity index (χ0v) is 12.1. The summed E-state index contributed by atoms with van der Waals surface area (Å²) in [7, 11) is 3.84. The molecule has 0 aliphatic carbocycles. The van der Waals surface area contributed by atoms with E-state index in [4.69, 9.17) is 0 Å². The van der Waals surface area contributed by atoms with Gasteiger partial charge in [-0.2, -0.15) is 0 Å². The number of nitrogens with one attached hydrogen (secondary N) is 1. The molecule has 102 valence electrons. The third-order valence-corrected chi connectivity index (χ3v) is 2.65. The number of pyridine rings is 1. The summed E-state index contributed by atoms with van der Waals surface area (Å²) in [5.41, 5.74) is 2.15. The topological polar surface area (TPSA) is 42.7 Å². The summed E-state index contributed by atoms with van der Waals surface area (Å²) in [5, 5.41) is 3.08. The zero-order chi connectivity index (χ0) is 14.3. The number of aryl methyl sites for hydroxylation is 1. The molecule has 0 unspecified atom stereocenters. The highest BCUT2D eigenvalue weighted by Crippen LogP contribution is 2.21. The van der Waals surface area contributed by atoms with Gasteiger partial charge in [-0.15, -0.1) is 6.58 Å². The van der Waals surface area contributed by atoms with Gasteiger partial charge in [-0.1, -0.05) is 19.9 Å². The Morgan fingerprint density at radius 2 is 2.11 bits per heavy atom. The second kappa shape index (κ2) is 7.36. The van der Waals surface area contributed by atoms with E-state index in [1.807, 2.05) is 51.0 Å². The van der Waals surface area contributed by atoms with Gasteiger partial charge in [0, 0.05) is 38.2 Å². The van der Waals surface area contributed by atoms with Gasteiger partial charge in [0.2, 0.25) is 0 Å². The molecule has 0 saturated heterocycles. The molecule has 4 heteroatoms. The Labute approximate surface area is 115 Å². The van der Waals surface area contributed by atoms with Gasteiger partial charge >= 0.3 is 0 Å². The number of rotatable bonds is 4. The molecule has 0 fully saturated rings. The van der Waals surface area contributed by atoms with Crippen LogP contribution < -0.4 is 5.32 Å². The number of hydrogen-bond acceptors (Lipinski definition) is 3. The molecule has 2 aromatic rings. The van der Waals surface area contributed by atoms with E-state index < -0.39 is 0 Å². The molecule has 1 N–H and O–H groups in total. The predicted molar refractivity (Wildman–Crippen MR) is 81.2 cm³/mol. The molecule has 0 saturated carbocycles. The quantitative estimate of drug-likeness (QED) is 0.856. The predicted octanol–water partition coefficient (Wildman–Crippen LogP) is 3.28. The van der Waals surface area contributed by atoms with Gasteiger partial charge in [0.15, 0.2) is 0 Å². The Morgan fingerprint density at radius 3 is 2.63 bits per heavy atom. The van der Waals surface area contributed by atoms with E-state index >= 15 is 0 Å². The van der Waals surface area contributed by atoms with Gasteiger partial charge in [0.1, 0.15) is 11.6 Å². The molecule has 0 bridgehead atoms. The molecular weight excluding hydrogens is 236 g/mol. The third kappa shape index (κ3) is 3.44. The van der Waals surface area contributed by atoms with Crippen LogP contribution in [0.5, 0.6) is 0 Å². The van der Waals surface area contributed by atoms with E-state index in [0.29, 0.717) is 0 Å². The van der Waals surface area contributed by atoms with Gasteiger partial charge in [-0.05, 0) is 18.1 Å². The smallest absolute Gasteiger partial charge is 0.141 e. The summed E-state index contributed by atoms with van der Waals surface area (Å²) in [4.78, 5) is 8.72. The molecule has 2 aromatic heterocycles. The largest absolute Gasteiger partial charge is 0.373 e. The maximum Gasteiger partial charge on any atom is 0.141 e. The molecule has 0 spiro atoms. The second-order valence-corrected chi connectivity index (χ2v) is 3.84. The Balaban J connectivity index is 0.000000861. The van der Waals surface area contributed by atoms with E-state index in [0.717, 1.165) is 29.2 Å². The van der Waals surface area contributed by atoms with Crippen LogP contribution in [-0.2, 0) is 13.5 Å². The summed E-state index contributed by atoms with van der Waals surface area (Å²) >= 11 is 0. The number of allylic oxidation sites excluding steroid dienone is 1. The lowest BCUT2D eigenvalue weighted by Gasteiger charge is -2.08. The minimum atomic E-state index is 0.793. The Hall–Kier alpha value is -2.10. The second-order valence-electron chi connectivity index (χ2n) is 3.84. The van der Waals surface area contributed by atoms with Gasteiger partial charge in [0.25, 0.3) is 0 Å². The van der Waals surface area contributed by atoms with E-state index in [1.165, 1.54) is 0 Å². The van der Waals surface area contributed by atoms with E-state index in [2.05, 4.69) is 27.9 Å². The van der Waals surface area contributed by atoms with Gasteiger partial charge in [-0.3, -0.25) is 0 Å². The normalized spacial score (nSPS) is 9.47. The van der Waals surface area contributed by atoms with Crippen LogP contribution in [0.4, 0.5) is 5.82 Å². The molecule has 0 amide bonds. The zero-order valence-electron chi connectivity index (χ0n) is 12.1. The number of imidazole rings is 1. The molecule has 0 aliphatic heterocycles. The first-order chi connectivity index (χ1) is 9.26. The Kier molecular flexibility index (Phi) is 5.79. The molecule has 19 heavy (non-hydrogen) atoms. The van der Waals surface area contributed by atoms with Crippen molar-refractivity contribution in [1.29, 1.82) is 0 Å². The summed E-state index contributed by atoms with van der Waals surface area (Å²) in [6.45, 7) is 7.76. The number of aromatic nitrogens is 3. The highest BCUT2D eigenvalue weighted by molar-refractivity contribution is 5.60. The summed E-state index contributed by atoms with van der Waals surface area (Å²) < 4.78 is 1.98. The number of anilines is 1. The molecule has 0 radical (unpaired) electrons. The van der Waals surface area contributed by atoms with Crippen LogP contribution >= 0.6 is 0 Å².